The van der Waals surface area contributed by atoms with Gasteiger partial charge in [0.15, 0.2) is 0 Å². The molecule has 0 spiro atoms. The Morgan fingerprint density at radius 1 is 1.27 bits per heavy atom. The number of carbonyl (C=O) groups is 1. The first-order valence-corrected chi connectivity index (χ1v) is 7.99. The average Bonchev–Trinajstić information content (AvgIpc) is 2.39. The van der Waals surface area contributed by atoms with Crippen molar-refractivity contribution in [1.82, 2.24) is 10.2 Å². The fourth-order valence-electron chi connectivity index (χ4n) is 2.72. The van der Waals surface area contributed by atoms with Gasteiger partial charge in [0, 0.05) is 13.1 Å². The number of benzene rings is 1. The molecule has 1 aromatic rings. The monoisotopic (exact) mass is 306 g/mol. The van der Waals surface area contributed by atoms with Crippen LogP contribution in [-0.4, -0.2) is 48.7 Å². The van der Waals surface area contributed by atoms with E-state index in [1.807, 2.05) is 11.9 Å². The van der Waals surface area contributed by atoms with Gasteiger partial charge in [0.05, 0.1) is 12.6 Å². The molecule has 0 saturated carbocycles. The lowest BCUT2D eigenvalue weighted by atomic mass is 9.97. The summed E-state index contributed by atoms with van der Waals surface area (Å²) in [4.78, 5) is 13.8. The zero-order valence-corrected chi connectivity index (χ0v) is 14.6. The van der Waals surface area contributed by atoms with Gasteiger partial charge >= 0.3 is 0 Å². The van der Waals surface area contributed by atoms with Gasteiger partial charge in [-0.15, -0.1) is 0 Å². The molecule has 4 heteroatoms. The van der Waals surface area contributed by atoms with E-state index in [2.05, 4.69) is 38.2 Å². The first-order chi connectivity index (χ1) is 10.3. The van der Waals surface area contributed by atoms with E-state index in [-0.39, 0.29) is 12.0 Å². The molecule has 4 nitrogen and oxygen atoms in total. The van der Waals surface area contributed by atoms with Gasteiger partial charge in [0.25, 0.3) is 0 Å². The van der Waals surface area contributed by atoms with Crippen molar-refractivity contribution in [1.29, 1.82) is 0 Å². The van der Waals surface area contributed by atoms with Crippen LogP contribution in [0.15, 0.2) is 12.1 Å². The Bertz CT molecular complexity index is 475. The number of hydrogen-bond acceptors (Lipinski definition) is 3. The molecule has 1 amide bonds. The van der Waals surface area contributed by atoms with Crippen molar-refractivity contribution in [3.8, 4) is 0 Å². The number of carbonyl (C=O) groups excluding carboxylic acids is 1. The average molecular weight is 306 g/mol. The second-order valence-corrected chi connectivity index (χ2v) is 6.35. The first kappa shape index (κ1) is 18.7. The Morgan fingerprint density at radius 2 is 1.86 bits per heavy atom. The molecule has 1 rings (SSSR count). The number of amides is 1. The number of nitrogens with zero attached hydrogens (tertiary/aromatic N) is 1. The number of nitrogens with one attached hydrogen (secondary N) is 1. The molecule has 1 atom stereocenters. The summed E-state index contributed by atoms with van der Waals surface area (Å²) in [6.07, 6.45) is 1.23. The molecule has 0 aliphatic rings. The largest absolute Gasteiger partial charge is 0.393 e. The van der Waals surface area contributed by atoms with E-state index in [0.29, 0.717) is 19.5 Å². The van der Waals surface area contributed by atoms with E-state index in [0.717, 1.165) is 13.0 Å². The second kappa shape index (κ2) is 8.91. The van der Waals surface area contributed by atoms with Crippen LogP contribution in [0.4, 0.5) is 0 Å². The lowest BCUT2D eigenvalue weighted by molar-refractivity contribution is -0.122. The van der Waals surface area contributed by atoms with E-state index < -0.39 is 0 Å². The van der Waals surface area contributed by atoms with Crippen molar-refractivity contribution >= 4 is 5.91 Å². The van der Waals surface area contributed by atoms with Crippen molar-refractivity contribution in [2.75, 3.05) is 26.7 Å². The lowest BCUT2D eigenvalue weighted by Gasteiger charge is -2.17. The second-order valence-electron chi connectivity index (χ2n) is 6.35. The van der Waals surface area contributed by atoms with Crippen molar-refractivity contribution < 1.29 is 9.90 Å². The first-order valence-electron chi connectivity index (χ1n) is 7.99. The normalized spacial score (nSPS) is 12.5. The SMILES string of the molecule is Cc1cc(C)c(CCNC(=O)CN(C)CCC(C)O)c(C)c1. The Morgan fingerprint density at radius 3 is 2.41 bits per heavy atom. The third-order valence-electron chi connectivity index (χ3n) is 3.88. The highest BCUT2D eigenvalue weighted by atomic mass is 16.3. The van der Waals surface area contributed by atoms with Crippen molar-refractivity contribution in [3.05, 3.63) is 34.4 Å². The third-order valence-corrected chi connectivity index (χ3v) is 3.88. The minimum absolute atomic E-state index is 0.0375. The van der Waals surface area contributed by atoms with Gasteiger partial charge in [-0.3, -0.25) is 9.69 Å². The molecule has 1 unspecified atom stereocenters. The van der Waals surface area contributed by atoms with E-state index in [9.17, 15) is 9.90 Å². The van der Waals surface area contributed by atoms with Gasteiger partial charge in [0.1, 0.15) is 0 Å². The predicted octanol–water partition coefficient (Wildman–Crippen LogP) is 1.97. The quantitative estimate of drug-likeness (QED) is 0.772. The van der Waals surface area contributed by atoms with Crippen molar-refractivity contribution in [3.63, 3.8) is 0 Å². The standard InChI is InChI=1S/C18H30N2O2/c1-13-10-14(2)17(15(3)11-13)6-8-19-18(22)12-20(5)9-7-16(4)21/h10-11,16,21H,6-9,12H2,1-5H3,(H,19,22). The third kappa shape index (κ3) is 6.58. The van der Waals surface area contributed by atoms with Gasteiger partial charge in [-0.05, 0) is 64.3 Å². The predicted molar refractivity (Wildman–Crippen MR) is 91.2 cm³/mol. The van der Waals surface area contributed by atoms with Crippen LogP contribution in [-0.2, 0) is 11.2 Å². The highest BCUT2D eigenvalue weighted by Crippen LogP contribution is 2.16. The topological polar surface area (TPSA) is 52.6 Å². The lowest BCUT2D eigenvalue weighted by Crippen LogP contribution is -2.37. The maximum absolute atomic E-state index is 11.9. The molecule has 0 aliphatic heterocycles. The summed E-state index contributed by atoms with van der Waals surface area (Å²) in [5.41, 5.74) is 5.19. The van der Waals surface area contributed by atoms with Gasteiger partial charge < -0.3 is 10.4 Å². The Balaban J connectivity index is 2.36. The molecule has 0 radical (unpaired) electrons. The van der Waals surface area contributed by atoms with E-state index in [1.165, 1.54) is 22.3 Å². The molecule has 0 aromatic heterocycles. The highest BCUT2D eigenvalue weighted by molar-refractivity contribution is 5.77. The fourth-order valence-corrected chi connectivity index (χ4v) is 2.72. The maximum Gasteiger partial charge on any atom is 0.234 e. The van der Waals surface area contributed by atoms with E-state index >= 15 is 0 Å². The summed E-state index contributed by atoms with van der Waals surface area (Å²) in [5.74, 6) is 0.0375. The van der Waals surface area contributed by atoms with Crippen LogP contribution in [0.1, 0.15) is 35.6 Å². The summed E-state index contributed by atoms with van der Waals surface area (Å²) in [5, 5.41) is 12.2. The molecular weight excluding hydrogens is 276 g/mol. The van der Waals surface area contributed by atoms with Crippen LogP contribution in [0.5, 0.6) is 0 Å². The summed E-state index contributed by atoms with van der Waals surface area (Å²) < 4.78 is 0. The number of aryl methyl sites for hydroxylation is 3. The Kier molecular flexibility index (Phi) is 7.56. The van der Waals surface area contributed by atoms with E-state index in [1.54, 1.807) is 6.92 Å². The van der Waals surface area contributed by atoms with Crippen LogP contribution in [0.25, 0.3) is 0 Å². The minimum Gasteiger partial charge on any atom is -0.393 e. The summed E-state index contributed by atoms with van der Waals surface area (Å²) in [6, 6.07) is 4.38. The molecule has 22 heavy (non-hydrogen) atoms. The Hall–Kier alpha value is -1.39. The van der Waals surface area contributed by atoms with E-state index in [4.69, 9.17) is 0 Å². The zero-order chi connectivity index (χ0) is 16.7. The smallest absolute Gasteiger partial charge is 0.234 e. The van der Waals surface area contributed by atoms with Crippen LogP contribution < -0.4 is 5.32 Å². The summed E-state index contributed by atoms with van der Waals surface area (Å²) >= 11 is 0. The number of likely N-dealkylation sites (N-methyl/N-ethyl adjacent to an activating group) is 1. The molecule has 124 valence electrons. The van der Waals surface area contributed by atoms with Crippen molar-refractivity contribution in [2.24, 2.45) is 0 Å². The number of hydrogen-bond donors (Lipinski definition) is 2. The number of aliphatic hydroxyl groups is 1. The number of rotatable bonds is 8. The molecule has 0 fully saturated rings. The minimum atomic E-state index is -0.321. The van der Waals surface area contributed by atoms with Crippen LogP contribution in [0.2, 0.25) is 0 Å². The summed E-state index contributed by atoms with van der Waals surface area (Å²) in [6.45, 7) is 9.88. The van der Waals surface area contributed by atoms with Gasteiger partial charge in [0.2, 0.25) is 5.91 Å². The number of aliphatic hydroxyl groups excluding tert-OH is 1. The molecule has 2 N–H and O–H groups in total. The van der Waals surface area contributed by atoms with Gasteiger partial charge in [-0.2, -0.15) is 0 Å². The molecule has 1 aromatic carbocycles. The van der Waals surface area contributed by atoms with Crippen LogP contribution in [0, 0.1) is 20.8 Å². The zero-order valence-electron chi connectivity index (χ0n) is 14.6. The molecular formula is C18H30N2O2. The fraction of sp³-hybridized carbons (Fsp3) is 0.611. The Labute approximate surface area is 134 Å². The van der Waals surface area contributed by atoms with Crippen LogP contribution in [0.3, 0.4) is 0 Å². The van der Waals surface area contributed by atoms with Crippen molar-refractivity contribution in [2.45, 2.75) is 46.6 Å². The van der Waals surface area contributed by atoms with Crippen LogP contribution >= 0.6 is 0 Å². The molecule has 0 saturated heterocycles. The maximum atomic E-state index is 11.9. The molecule has 0 heterocycles. The molecule has 0 aliphatic carbocycles. The molecule has 0 bridgehead atoms. The summed E-state index contributed by atoms with van der Waals surface area (Å²) in [7, 11) is 1.90. The van der Waals surface area contributed by atoms with Gasteiger partial charge in [-0.1, -0.05) is 17.7 Å². The van der Waals surface area contributed by atoms with Gasteiger partial charge in [-0.25, -0.2) is 0 Å². The highest BCUT2D eigenvalue weighted by Gasteiger charge is 2.08.